The van der Waals surface area contributed by atoms with Crippen LogP contribution in [0.2, 0.25) is 0 Å². The smallest absolute Gasteiger partial charge is 0.223 e. The molecule has 1 saturated heterocycles. The summed E-state index contributed by atoms with van der Waals surface area (Å²) in [5.41, 5.74) is 2.74. The van der Waals surface area contributed by atoms with Crippen LogP contribution in [0, 0.1) is 0 Å². The number of aryl methyl sites for hydroxylation is 1. The highest BCUT2D eigenvalue weighted by molar-refractivity contribution is 5.78. The van der Waals surface area contributed by atoms with Crippen LogP contribution < -0.4 is 0 Å². The molecule has 1 aliphatic carbocycles. The van der Waals surface area contributed by atoms with Crippen LogP contribution in [0.5, 0.6) is 0 Å². The van der Waals surface area contributed by atoms with Gasteiger partial charge in [-0.3, -0.25) is 4.79 Å². The van der Waals surface area contributed by atoms with Gasteiger partial charge >= 0.3 is 0 Å². The Kier molecular flexibility index (Phi) is 4.62. The van der Waals surface area contributed by atoms with Gasteiger partial charge in [0.05, 0.1) is 6.26 Å². The second kappa shape index (κ2) is 7.04. The van der Waals surface area contributed by atoms with Crippen molar-refractivity contribution in [2.45, 2.75) is 56.6 Å². The molecular weight excluding hydrogens is 314 g/mol. The number of nitrogens with zero attached hydrogens (tertiary/aromatic N) is 1. The van der Waals surface area contributed by atoms with Gasteiger partial charge in [0.15, 0.2) is 0 Å². The lowest BCUT2D eigenvalue weighted by molar-refractivity contribution is -0.133. The van der Waals surface area contributed by atoms with E-state index in [9.17, 15) is 9.90 Å². The molecule has 0 saturated carbocycles. The van der Waals surface area contributed by atoms with Crippen LogP contribution in [0.15, 0.2) is 47.1 Å². The molecule has 2 aromatic rings. The molecule has 2 heterocycles. The van der Waals surface area contributed by atoms with E-state index in [-0.39, 0.29) is 11.9 Å². The zero-order valence-electron chi connectivity index (χ0n) is 14.4. The molecule has 0 bridgehead atoms. The summed E-state index contributed by atoms with van der Waals surface area (Å²) in [6, 6.07) is 12.2. The normalized spacial score (nSPS) is 23.6. The van der Waals surface area contributed by atoms with Crippen LogP contribution in [-0.2, 0) is 11.2 Å². The zero-order valence-corrected chi connectivity index (χ0v) is 14.4. The van der Waals surface area contributed by atoms with Gasteiger partial charge in [0, 0.05) is 25.4 Å². The van der Waals surface area contributed by atoms with E-state index in [1.807, 2.05) is 4.90 Å². The summed E-state index contributed by atoms with van der Waals surface area (Å²) in [5.74, 6) is 1.17. The molecule has 1 aromatic heterocycles. The number of carbonyl (C=O) groups is 1. The van der Waals surface area contributed by atoms with Gasteiger partial charge in [-0.2, -0.15) is 0 Å². The summed E-state index contributed by atoms with van der Waals surface area (Å²) >= 11 is 0. The monoisotopic (exact) mass is 339 g/mol. The summed E-state index contributed by atoms with van der Waals surface area (Å²) in [6.45, 7) is 0.808. The highest BCUT2D eigenvalue weighted by Crippen LogP contribution is 2.37. The molecule has 132 valence electrons. The molecular formula is C21H25NO3. The Labute approximate surface area is 148 Å². The van der Waals surface area contributed by atoms with Crippen molar-refractivity contribution in [2.75, 3.05) is 6.54 Å². The number of carbonyl (C=O) groups excluding carboxylic acids is 1. The van der Waals surface area contributed by atoms with Crippen LogP contribution in [0.1, 0.15) is 61.0 Å². The SMILES string of the molecule is O=C(CC1CCc2ccccc21)N1CCCC1CC(O)c1ccco1. The summed E-state index contributed by atoms with van der Waals surface area (Å²) < 4.78 is 5.29. The Bertz CT molecular complexity index is 725. The molecule has 1 amide bonds. The van der Waals surface area contributed by atoms with Gasteiger partial charge in [0.1, 0.15) is 11.9 Å². The molecule has 3 unspecified atom stereocenters. The first kappa shape index (κ1) is 16.4. The van der Waals surface area contributed by atoms with Gasteiger partial charge in [-0.1, -0.05) is 24.3 Å². The third-order valence-electron chi connectivity index (χ3n) is 5.74. The van der Waals surface area contributed by atoms with Crippen LogP contribution in [-0.4, -0.2) is 28.5 Å². The average molecular weight is 339 g/mol. The highest BCUT2D eigenvalue weighted by atomic mass is 16.4. The van der Waals surface area contributed by atoms with Crippen molar-refractivity contribution >= 4 is 5.91 Å². The Morgan fingerprint density at radius 1 is 1.24 bits per heavy atom. The maximum absolute atomic E-state index is 12.9. The van der Waals surface area contributed by atoms with Crippen molar-refractivity contribution < 1.29 is 14.3 Å². The van der Waals surface area contributed by atoms with E-state index in [4.69, 9.17) is 4.42 Å². The second-order valence-corrected chi connectivity index (χ2v) is 7.29. The molecule has 2 aliphatic rings. The maximum atomic E-state index is 12.9. The Morgan fingerprint density at radius 3 is 2.96 bits per heavy atom. The molecule has 1 N–H and O–H groups in total. The number of likely N-dealkylation sites (tertiary alicyclic amines) is 1. The molecule has 1 aromatic carbocycles. The van der Waals surface area contributed by atoms with Crippen LogP contribution in [0.3, 0.4) is 0 Å². The van der Waals surface area contributed by atoms with E-state index in [1.165, 1.54) is 11.1 Å². The largest absolute Gasteiger partial charge is 0.467 e. The minimum Gasteiger partial charge on any atom is -0.467 e. The number of amides is 1. The first-order valence-corrected chi connectivity index (χ1v) is 9.31. The number of furan rings is 1. The van der Waals surface area contributed by atoms with Gasteiger partial charge in [-0.15, -0.1) is 0 Å². The Morgan fingerprint density at radius 2 is 2.12 bits per heavy atom. The summed E-state index contributed by atoms with van der Waals surface area (Å²) in [6.07, 6.45) is 6.21. The number of fused-ring (bicyclic) bond motifs is 1. The molecule has 1 aliphatic heterocycles. The van der Waals surface area contributed by atoms with Crippen molar-refractivity contribution in [3.8, 4) is 0 Å². The summed E-state index contributed by atoms with van der Waals surface area (Å²) in [4.78, 5) is 14.9. The van der Waals surface area contributed by atoms with Gasteiger partial charge in [-0.05, 0) is 54.9 Å². The quantitative estimate of drug-likeness (QED) is 0.901. The fourth-order valence-electron chi connectivity index (χ4n) is 4.45. The molecule has 1 fully saturated rings. The average Bonchev–Trinajstić information content (AvgIpc) is 3.36. The number of hydrogen-bond donors (Lipinski definition) is 1. The van der Waals surface area contributed by atoms with Crippen molar-refractivity contribution in [3.63, 3.8) is 0 Å². The number of benzene rings is 1. The van der Waals surface area contributed by atoms with Crippen molar-refractivity contribution in [1.82, 2.24) is 4.90 Å². The summed E-state index contributed by atoms with van der Waals surface area (Å²) in [5, 5.41) is 10.4. The number of rotatable bonds is 5. The van der Waals surface area contributed by atoms with E-state index in [2.05, 4.69) is 24.3 Å². The minimum absolute atomic E-state index is 0.115. The molecule has 4 heteroatoms. The molecule has 4 nitrogen and oxygen atoms in total. The topological polar surface area (TPSA) is 53.7 Å². The number of aliphatic hydroxyl groups excluding tert-OH is 1. The molecule has 0 radical (unpaired) electrons. The lowest BCUT2D eigenvalue weighted by Crippen LogP contribution is -2.37. The molecule has 3 atom stereocenters. The zero-order chi connectivity index (χ0) is 17.2. The molecule has 25 heavy (non-hydrogen) atoms. The highest BCUT2D eigenvalue weighted by Gasteiger charge is 2.33. The first-order valence-electron chi connectivity index (χ1n) is 9.31. The van der Waals surface area contributed by atoms with Crippen LogP contribution in [0.25, 0.3) is 0 Å². The molecule has 0 spiro atoms. The number of aliphatic hydroxyl groups is 1. The van der Waals surface area contributed by atoms with E-state index < -0.39 is 6.10 Å². The fourth-order valence-corrected chi connectivity index (χ4v) is 4.45. The molecule has 4 rings (SSSR count). The second-order valence-electron chi connectivity index (χ2n) is 7.29. The lowest BCUT2D eigenvalue weighted by Gasteiger charge is -2.27. The van der Waals surface area contributed by atoms with Gasteiger partial charge < -0.3 is 14.4 Å². The van der Waals surface area contributed by atoms with Crippen molar-refractivity contribution in [3.05, 3.63) is 59.5 Å². The van der Waals surface area contributed by atoms with E-state index >= 15 is 0 Å². The Balaban J connectivity index is 1.39. The van der Waals surface area contributed by atoms with Gasteiger partial charge in [-0.25, -0.2) is 0 Å². The summed E-state index contributed by atoms with van der Waals surface area (Å²) in [7, 11) is 0. The van der Waals surface area contributed by atoms with E-state index in [0.29, 0.717) is 24.5 Å². The van der Waals surface area contributed by atoms with E-state index in [1.54, 1.807) is 18.4 Å². The van der Waals surface area contributed by atoms with Gasteiger partial charge in [0.25, 0.3) is 0 Å². The predicted octanol–water partition coefficient (Wildman–Crippen LogP) is 3.81. The third-order valence-corrected chi connectivity index (χ3v) is 5.74. The van der Waals surface area contributed by atoms with Crippen molar-refractivity contribution in [2.24, 2.45) is 0 Å². The fraction of sp³-hybridized carbons (Fsp3) is 0.476. The Hall–Kier alpha value is -2.07. The number of hydrogen-bond acceptors (Lipinski definition) is 3. The maximum Gasteiger partial charge on any atom is 0.223 e. The first-order chi connectivity index (χ1) is 12.2. The minimum atomic E-state index is -0.638. The van der Waals surface area contributed by atoms with Crippen LogP contribution >= 0.6 is 0 Å². The predicted molar refractivity (Wildman–Crippen MR) is 95.1 cm³/mol. The standard InChI is InChI=1S/C21H25NO3/c23-19(20-8-4-12-25-20)14-17-6-3-11-22(17)21(24)13-16-10-9-15-5-1-2-7-18(15)16/h1-2,4-5,7-8,12,16-17,19,23H,3,6,9-11,13-14H2. The van der Waals surface area contributed by atoms with E-state index in [0.717, 1.165) is 32.2 Å². The third kappa shape index (κ3) is 3.36. The van der Waals surface area contributed by atoms with Gasteiger partial charge in [0.2, 0.25) is 5.91 Å². The lowest BCUT2D eigenvalue weighted by atomic mass is 9.96. The van der Waals surface area contributed by atoms with Crippen LogP contribution in [0.4, 0.5) is 0 Å². The van der Waals surface area contributed by atoms with Crippen molar-refractivity contribution in [1.29, 1.82) is 0 Å².